The molecule has 0 saturated heterocycles. The number of nitrogens with one attached hydrogen (secondary N) is 1. The zero-order valence-corrected chi connectivity index (χ0v) is 12.6. The molecule has 3 heteroatoms. The minimum Gasteiger partial charge on any atom is -0.466 e. The van der Waals surface area contributed by atoms with E-state index >= 15 is 0 Å². The van der Waals surface area contributed by atoms with Crippen LogP contribution in [0, 0.1) is 0 Å². The van der Waals surface area contributed by atoms with Crippen molar-refractivity contribution < 1.29 is 9.53 Å². The van der Waals surface area contributed by atoms with Crippen molar-refractivity contribution in [1.29, 1.82) is 0 Å². The van der Waals surface area contributed by atoms with Gasteiger partial charge in [0.25, 0.3) is 0 Å². The number of carbonyl (C=O) groups is 1. The number of benzene rings is 1. The van der Waals surface area contributed by atoms with Gasteiger partial charge in [0.2, 0.25) is 0 Å². The Morgan fingerprint density at radius 2 is 1.95 bits per heavy atom. The molecular formula is C18H23NO2. The van der Waals surface area contributed by atoms with E-state index in [1.807, 2.05) is 36.4 Å². The van der Waals surface area contributed by atoms with E-state index in [0.717, 1.165) is 24.1 Å². The Labute approximate surface area is 127 Å². The number of esters is 1. The lowest BCUT2D eigenvalue weighted by molar-refractivity contribution is -0.136. The van der Waals surface area contributed by atoms with Crippen molar-refractivity contribution in [2.24, 2.45) is 0 Å². The highest BCUT2D eigenvalue weighted by Gasteiger charge is 2.14. The molecule has 0 radical (unpaired) electrons. The van der Waals surface area contributed by atoms with Gasteiger partial charge in [-0.25, -0.2) is 4.79 Å². The van der Waals surface area contributed by atoms with Gasteiger partial charge in [0.05, 0.1) is 12.7 Å². The minimum atomic E-state index is -0.311. The molecule has 0 aliphatic rings. The standard InChI is InChI=1S/C18H23NO2/c1-4-6-13-17(16(10-5-2)18(20)21-3)19-14-15-11-8-7-9-12-15/h4-5,7-9,11-12,19H,1-2,6,10,13-14H2,3H3/b17-16+. The van der Waals surface area contributed by atoms with Crippen molar-refractivity contribution in [1.82, 2.24) is 5.32 Å². The van der Waals surface area contributed by atoms with E-state index in [0.29, 0.717) is 18.5 Å². The van der Waals surface area contributed by atoms with Crippen LogP contribution < -0.4 is 5.32 Å². The maximum atomic E-state index is 11.9. The van der Waals surface area contributed by atoms with E-state index in [1.54, 1.807) is 6.08 Å². The maximum Gasteiger partial charge on any atom is 0.335 e. The lowest BCUT2D eigenvalue weighted by Crippen LogP contribution is -2.19. The van der Waals surface area contributed by atoms with Crippen molar-refractivity contribution in [2.75, 3.05) is 7.11 Å². The van der Waals surface area contributed by atoms with Gasteiger partial charge in [-0.05, 0) is 24.8 Å². The zero-order chi connectivity index (χ0) is 15.5. The molecule has 0 aliphatic heterocycles. The van der Waals surface area contributed by atoms with Gasteiger partial charge in [-0.2, -0.15) is 0 Å². The fourth-order valence-corrected chi connectivity index (χ4v) is 1.99. The van der Waals surface area contributed by atoms with Crippen LogP contribution in [0.2, 0.25) is 0 Å². The average Bonchev–Trinajstić information content (AvgIpc) is 2.53. The predicted molar refractivity (Wildman–Crippen MR) is 86.6 cm³/mol. The summed E-state index contributed by atoms with van der Waals surface area (Å²) in [5, 5.41) is 3.35. The van der Waals surface area contributed by atoms with Crippen LogP contribution in [0.4, 0.5) is 0 Å². The molecule has 1 N–H and O–H groups in total. The summed E-state index contributed by atoms with van der Waals surface area (Å²) < 4.78 is 4.87. The topological polar surface area (TPSA) is 38.3 Å². The summed E-state index contributed by atoms with van der Waals surface area (Å²) in [4.78, 5) is 11.9. The smallest absolute Gasteiger partial charge is 0.335 e. The molecule has 0 saturated carbocycles. The molecule has 0 atom stereocenters. The van der Waals surface area contributed by atoms with Crippen molar-refractivity contribution in [3.8, 4) is 0 Å². The summed E-state index contributed by atoms with van der Waals surface area (Å²) in [5.74, 6) is -0.311. The number of rotatable bonds is 9. The molecule has 112 valence electrons. The Morgan fingerprint density at radius 3 is 2.52 bits per heavy atom. The molecule has 0 spiro atoms. The van der Waals surface area contributed by atoms with E-state index < -0.39 is 0 Å². The lowest BCUT2D eigenvalue weighted by Gasteiger charge is -2.15. The molecule has 0 aliphatic carbocycles. The second-order valence-corrected chi connectivity index (χ2v) is 4.61. The molecule has 1 rings (SSSR count). The quantitative estimate of drug-likeness (QED) is 0.426. The third-order valence-electron chi connectivity index (χ3n) is 3.09. The fraction of sp³-hybridized carbons (Fsp3) is 0.278. The highest BCUT2D eigenvalue weighted by Crippen LogP contribution is 2.15. The average molecular weight is 285 g/mol. The largest absolute Gasteiger partial charge is 0.466 e. The minimum absolute atomic E-state index is 0.311. The molecule has 0 heterocycles. The molecule has 0 unspecified atom stereocenters. The number of allylic oxidation sites excluding steroid dienone is 3. The molecule has 3 nitrogen and oxygen atoms in total. The molecule has 1 aromatic rings. The summed E-state index contributed by atoms with van der Waals surface area (Å²) in [5.41, 5.74) is 2.69. The van der Waals surface area contributed by atoms with Crippen LogP contribution in [-0.2, 0) is 16.1 Å². The van der Waals surface area contributed by atoms with E-state index in [4.69, 9.17) is 4.74 Å². The zero-order valence-electron chi connectivity index (χ0n) is 12.6. The summed E-state index contributed by atoms with van der Waals surface area (Å²) in [6, 6.07) is 10.1. The summed E-state index contributed by atoms with van der Waals surface area (Å²) in [6.07, 6.45) is 5.57. The highest BCUT2D eigenvalue weighted by molar-refractivity contribution is 5.89. The van der Waals surface area contributed by atoms with E-state index in [2.05, 4.69) is 18.5 Å². The van der Waals surface area contributed by atoms with Gasteiger partial charge < -0.3 is 10.1 Å². The van der Waals surface area contributed by atoms with Gasteiger partial charge in [0.15, 0.2) is 0 Å². The number of ether oxygens (including phenoxy) is 1. The van der Waals surface area contributed by atoms with E-state index in [1.165, 1.54) is 7.11 Å². The molecule has 21 heavy (non-hydrogen) atoms. The van der Waals surface area contributed by atoms with Crippen molar-refractivity contribution in [3.63, 3.8) is 0 Å². The van der Waals surface area contributed by atoms with Gasteiger partial charge in [0.1, 0.15) is 0 Å². The van der Waals surface area contributed by atoms with Crippen LogP contribution >= 0.6 is 0 Å². The first kappa shape index (κ1) is 16.8. The van der Waals surface area contributed by atoms with Crippen molar-refractivity contribution in [2.45, 2.75) is 25.8 Å². The predicted octanol–water partition coefficient (Wildman–Crippen LogP) is 3.75. The highest BCUT2D eigenvalue weighted by atomic mass is 16.5. The van der Waals surface area contributed by atoms with E-state index in [9.17, 15) is 4.79 Å². The molecule has 0 fully saturated rings. The van der Waals surface area contributed by atoms with Gasteiger partial charge in [-0.3, -0.25) is 0 Å². The van der Waals surface area contributed by atoms with Gasteiger partial charge in [-0.15, -0.1) is 13.2 Å². The van der Waals surface area contributed by atoms with Crippen LogP contribution in [0.5, 0.6) is 0 Å². The van der Waals surface area contributed by atoms with Crippen molar-refractivity contribution >= 4 is 5.97 Å². The second kappa shape index (κ2) is 9.59. The number of carbonyl (C=O) groups excluding carboxylic acids is 1. The third kappa shape index (κ3) is 5.69. The number of methoxy groups -OCH3 is 1. The monoisotopic (exact) mass is 285 g/mol. The second-order valence-electron chi connectivity index (χ2n) is 4.61. The van der Waals surface area contributed by atoms with Crippen molar-refractivity contribution in [3.05, 3.63) is 72.5 Å². The SMILES string of the molecule is C=CCC/C(NCc1ccccc1)=C(/CC=C)C(=O)OC. The summed E-state index contributed by atoms with van der Waals surface area (Å²) in [6.45, 7) is 8.11. The van der Waals surface area contributed by atoms with Crippen LogP contribution in [0.1, 0.15) is 24.8 Å². The van der Waals surface area contributed by atoms with Crippen LogP contribution in [-0.4, -0.2) is 13.1 Å². The first-order valence-corrected chi connectivity index (χ1v) is 7.02. The Balaban J connectivity index is 2.92. The Bertz CT molecular complexity index is 503. The first-order valence-electron chi connectivity index (χ1n) is 7.02. The van der Waals surface area contributed by atoms with Gasteiger partial charge in [0, 0.05) is 12.2 Å². The molecular weight excluding hydrogens is 262 g/mol. The Hall–Kier alpha value is -2.29. The molecule has 0 aromatic heterocycles. The molecule has 1 aromatic carbocycles. The Morgan fingerprint density at radius 1 is 1.24 bits per heavy atom. The number of hydrogen-bond acceptors (Lipinski definition) is 3. The normalized spacial score (nSPS) is 11.3. The molecule has 0 amide bonds. The first-order chi connectivity index (χ1) is 10.2. The number of hydrogen-bond donors (Lipinski definition) is 1. The van der Waals surface area contributed by atoms with Gasteiger partial charge in [-0.1, -0.05) is 42.5 Å². The summed E-state index contributed by atoms with van der Waals surface area (Å²) >= 11 is 0. The van der Waals surface area contributed by atoms with E-state index in [-0.39, 0.29) is 5.97 Å². The Kier molecular flexibility index (Phi) is 7.65. The van der Waals surface area contributed by atoms with Gasteiger partial charge >= 0.3 is 5.97 Å². The molecule has 0 bridgehead atoms. The van der Waals surface area contributed by atoms with Crippen LogP contribution in [0.3, 0.4) is 0 Å². The third-order valence-corrected chi connectivity index (χ3v) is 3.09. The van der Waals surface area contributed by atoms with Crippen LogP contribution in [0.15, 0.2) is 66.9 Å². The summed E-state index contributed by atoms with van der Waals surface area (Å²) in [7, 11) is 1.40. The van der Waals surface area contributed by atoms with Crippen LogP contribution in [0.25, 0.3) is 0 Å². The lowest BCUT2D eigenvalue weighted by atomic mass is 10.1. The maximum absolute atomic E-state index is 11.9. The fourth-order valence-electron chi connectivity index (χ4n) is 1.99.